The van der Waals surface area contributed by atoms with Crippen LogP contribution in [0.2, 0.25) is 0 Å². The van der Waals surface area contributed by atoms with Crippen molar-refractivity contribution >= 4 is 5.91 Å². The summed E-state index contributed by atoms with van der Waals surface area (Å²) in [4.78, 5) is 24.4. The second-order valence-electron chi connectivity index (χ2n) is 9.05. The maximum atomic E-state index is 13.2. The SMILES string of the molecule is O=C(C1CCCCC1)N1CC(c2cccnc2)C(c2nc(C3CCCC3)no2)C1. The van der Waals surface area contributed by atoms with Crippen molar-refractivity contribution in [2.45, 2.75) is 75.5 Å². The van der Waals surface area contributed by atoms with Crippen LogP contribution < -0.4 is 0 Å². The van der Waals surface area contributed by atoms with Crippen LogP contribution in [0.4, 0.5) is 0 Å². The minimum absolute atomic E-state index is 0.0504. The van der Waals surface area contributed by atoms with Crippen LogP contribution in [0.3, 0.4) is 0 Å². The van der Waals surface area contributed by atoms with Crippen LogP contribution in [0.15, 0.2) is 29.0 Å². The van der Waals surface area contributed by atoms with Crippen LogP contribution >= 0.6 is 0 Å². The summed E-state index contributed by atoms with van der Waals surface area (Å²) < 4.78 is 5.77. The molecule has 5 rings (SSSR count). The standard InChI is InChI=1S/C23H30N4O2/c28-23(17-9-2-1-3-10-17)27-14-19(18-11-6-12-24-13-18)20(15-27)22-25-21(26-29-22)16-7-4-5-8-16/h6,11-13,16-17,19-20H,1-5,7-10,14-15H2. The Morgan fingerprint density at radius 3 is 2.52 bits per heavy atom. The van der Waals surface area contributed by atoms with Crippen LogP contribution in [0.25, 0.3) is 0 Å². The predicted octanol–water partition coefficient (Wildman–Crippen LogP) is 4.41. The number of aromatic nitrogens is 3. The van der Waals surface area contributed by atoms with Gasteiger partial charge in [0.05, 0.1) is 5.92 Å². The maximum Gasteiger partial charge on any atom is 0.232 e. The van der Waals surface area contributed by atoms with Gasteiger partial charge in [-0.2, -0.15) is 4.98 Å². The first-order chi connectivity index (χ1) is 14.3. The van der Waals surface area contributed by atoms with Gasteiger partial charge in [0, 0.05) is 43.2 Å². The number of rotatable bonds is 4. The quantitative estimate of drug-likeness (QED) is 0.768. The van der Waals surface area contributed by atoms with E-state index in [1.54, 1.807) is 6.20 Å². The lowest BCUT2D eigenvalue weighted by Crippen LogP contribution is -2.35. The van der Waals surface area contributed by atoms with Gasteiger partial charge in [-0.3, -0.25) is 9.78 Å². The molecule has 0 N–H and O–H groups in total. The summed E-state index contributed by atoms with van der Waals surface area (Å²) in [6, 6.07) is 4.07. The van der Waals surface area contributed by atoms with E-state index in [0.717, 1.165) is 37.1 Å². The van der Waals surface area contributed by atoms with Gasteiger partial charge in [0.2, 0.25) is 11.8 Å². The lowest BCUT2D eigenvalue weighted by Gasteiger charge is -2.26. The molecule has 6 nitrogen and oxygen atoms in total. The molecule has 2 aliphatic carbocycles. The molecule has 2 aromatic heterocycles. The van der Waals surface area contributed by atoms with Gasteiger partial charge in [0.15, 0.2) is 5.82 Å². The molecule has 1 amide bonds. The van der Waals surface area contributed by atoms with Crippen LogP contribution in [0.1, 0.15) is 92.8 Å². The van der Waals surface area contributed by atoms with E-state index >= 15 is 0 Å². The van der Waals surface area contributed by atoms with E-state index in [1.165, 1.54) is 32.1 Å². The molecule has 1 saturated heterocycles. The largest absolute Gasteiger partial charge is 0.341 e. The number of pyridine rings is 1. The van der Waals surface area contributed by atoms with E-state index in [-0.39, 0.29) is 17.8 Å². The Kier molecular flexibility index (Phi) is 5.34. The van der Waals surface area contributed by atoms with Gasteiger partial charge in [0.1, 0.15) is 0 Å². The average Bonchev–Trinajstić information content (AvgIpc) is 3.54. The van der Waals surface area contributed by atoms with Gasteiger partial charge in [-0.25, -0.2) is 0 Å². The highest BCUT2D eigenvalue weighted by atomic mass is 16.5. The summed E-state index contributed by atoms with van der Waals surface area (Å²) in [6.45, 7) is 1.38. The second-order valence-corrected chi connectivity index (χ2v) is 9.05. The van der Waals surface area contributed by atoms with Crippen molar-refractivity contribution in [3.8, 4) is 0 Å². The van der Waals surface area contributed by atoms with E-state index < -0.39 is 0 Å². The van der Waals surface area contributed by atoms with Crippen molar-refractivity contribution in [2.75, 3.05) is 13.1 Å². The summed E-state index contributed by atoms with van der Waals surface area (Å²) in [5.74, 6) is 2.71. The number of nitrogens with zero attached hydrogens (tertiary/aromatic N) is 4. The second kappa shape index (κ2) is 8.25. The third-order valence-electron chi connectivity index (χ3n) is 7.19. The van der Waals surface area contributed by atoms with E-state index in [0.29, 0.717) is 30.8 Å². The molecule has 3 aliphatic rings. The molecule has 6 heteroatoms. The lowest BCUT2D eigenvalue weighted by atomic mass is 9.88. The van der Waals surface area contributed by atoms with Crippen LogP contribution in [0, 0.1) is 5.92 Å². The first-order valence-electron chi connectivity index (χ1n) is 11.3. The van der Waals surface area contributed by atoms with Gasteiger partial charge >= 0.3 is 0 Å². The lowest BCUT2D eigenvalue weighted by molar-refractivity contribution is -0.135. The molecular formula is C23H30N4O2. The van der Waals surface area contributed by atoms with E-state index in [2.05, 4.69) is 21.1 Å². The first kappa shape index (κ1) is 18.8. The fourth-order valence-corrected chi connectivity index (χ4v) is 5.52. The molecule has 0 bridgehead atoms. The summed E-state index contributed by atoms with van der Waals surface area (Å²) in [6.07, 6.45) is 14.2. The predicted molar refractivity (Wildman–Crippen MR) is 108 cm³/mol. The fourth-order valence-electron chi connectivity index (χ4n) is 5.52. The van der Waals surface area contributed by atoms with E-state index in [4.69, 9.17) is 9.51 Å². The third-order valence-corrected chi connectivity index (χ3v) is 7.19. The Balaban J connectivity index is 1.39. The van der Waals surface area contributed by atoms with Gasteiger partial charge in [-0.1, -0.05) is 43.3 Å². The van der Waals surface area contributed by atoms with Gasteiger partial charge < -0.3 is 9.42 Å². The summed E-state index contributed by atoms with van der Waals surface area (Å²) in [5, 5.41) is 4.33. The zero-order chi connectivity index (χ0) is 19.6. The number of likely N-dealkylation sites (tertiary alicyclic amines) is 1. The highest BCUT2D eigenvalue weighted by Crippen LogP contribution is 2.41. The highest BCUT2D eigenvalue weighted by molar-refractivity contribution is 5.79. The summed E-state index contributed by atoms with van der Waals surface area (Å²) in [7, 11) is 0. The van der Waals surface area contributed by atoms with E-state index in [1.807, 2.05) is 12.3 Å². The molecule has 2 aromatic rings. The van der Waals surface area contributed by atoms with E-state index in [9.17, 15) is 4.79 Å². The van der Waals surface area contributed by atoms with Gasteiger partial charge in [-0.05, 0) is 37.3 Å². The Labute approximate surface area is 172 Å². The monoisotopic (exact) mass is 394 g/mol. The van der Waals surface area contributed by atoms with Crippen LogP contribution in [-0.2, 0) is 4.79 Å². The zero-order valence-electron chi connectivity index (χ0n) is 17.0. The number of carbonyl (C=O) groups excluding carboxylic acids is 1. The normalized spacial score (nSPS) is 26.3. The number of carbonyl (C=O) groups is 1. The minimum atomic E-state index is 0.0504. The number of hydrogen-bond acceptors (Lipinski definition) is 5. The molecule has 3 fully saturated rings. The molecule has 0 spiro atoms. The molecule has 2 saturated carbocycles. The molecular weight excluding hydrogens is 364 g/mol. The Bertz CT molecular complexity index is 824. The fraction of sp³-hybridized carbons (Fsp3) is 0.652. The molecule has 154 valence electrons. The molecule has 2 atom stereocenters. The third kappa shape index (κ3) is 3.81. The molecule has 1 aliphatic heterocycles. The van der Waals surface area contributed by atoms with Crippen molar-refractivity contribution in [3.05, 3.63) is 41.8 Å². The molecule has 29 heavy (non-hydrogen) atoms. The highest BCUT2D eigenvalue weighted by Gasteiger charge is 2.42. The van der Waals surface area contributed by atoms with Crippen molar-refractivity contribution < 1.29 is 9.32 Å². The summed E-state index contributed by atoms with van der Waals surface area (Å²) >= 11 is 0. The number of hydrogen-bond donors (Lipinski definition) is 0. The Hall–Kier alpha value is -2.24. The number of amides is 1. The molecule has 3 heterocycles. The topological polar surface area (TPSA) is 72.1 Å². The smallest absolute Gasteiger partial charge is 0.232 e. The Morgan fingerprint density at radius 1 is 1.00 bits per heavy atom. The Morgan fingerprint density at radius 2 is 1.76 bits per heavy atom. The first-order valence-corrected chi connectivity index (χ1v) is 11.3. The van der Waals surface area contributed by atoms with Gasteiger partial charge in [-0.15, -0.1) is 0 Å². The zero-order valence-corrected chi connectivity index (χ0v) is 17.0. The minimum Gasteiger partial charge on any atom is -0.341 e. The van der Waals surface area contributed by atoms with Crippen molar-refractivity contribution in [1.82, 2.24) is 20.0 Å². The van der Waals surface area contributed by atoms with Crippen LogP contribution in [0.5, 0.6) is 0 Å². The summed E-state index contributed by atoms with van der Waals surface area (Å²) in [5.41, 5.74) is 1.15. The van der Waals surface area contributed by atoms with Gasteiger partial charge in [0.25, 0.3) is 0 Å². The maximum absolute atomic E-state index is 13.2. The van der Waals surface area contributed by atoms with Crippen molar-refractivity contribution in [2.24, 2.45) is 5.92 Å². The van der Waals surface area contributed by atoms with Crippen LogP contribution in [-0.4, -0.2) is 39.0 Å². The molecule has 0 radical (unpaired) electrons. The average molecular weight is 395 g/mol. The van der Waals surface area contributed by atoms with Crippen molar-refractivity contribution in [1.29, 1.82) is 0 Å². The molecule has 2 unspecified atom stereocenters. The molecule has 0 aromatic carbocycles. The van der Waals surface area contributed by atoms with Crippen molar-refractivity contribution in [3.63, 3.8) is 0 Å².